The second-order valence-corrected chi connectivity index (χ2v) is 4.40. The maximum atomic E-state index is 11.7. The largest absolute Gasteiger partial charge is 0.343 e. The van der Waals surface area contributed by atoms with Crippen molar-refractivity contribution in [1.29, 1.82) is 0 Å². The second-order valence-electron chi connectivity index (χ2n) is 4.40. The highest BCUT2D eigenvalue weighted by molar-refractivity contribution is 5.76. The van der Waals surface area contributed by atoms with Crippen molar-refractivity contribution >= 4 is 5.91 Å². The zero-order chi connectivity index (χ0) is 11.3. The second kappa shape index (κ2) is 5.18. The third kappa shape index (κ3) is 3.24. The zero-order valence-corrected chi connectivity index (χ0v) is 9.68. The van der Waals surface area contributed by atoms with Gasteiger partial charge in [0.15, 0.2) is 0 Å². The van der Waals surface area contributed by atoms with Gasteiger partial charge in [0.1, 0.15) is 0 Å². The molecule has 0 bridgehead atoms. The molecule has 0 atom stereocenters. The number of nitrogens with zero attached hydrogens (tertiary/aromatic N) is 1. The lowest BCUT2D eigenvalue weighted by Gasteiger charge is -2.39. The topological polar surface area (TPSA) is 32.3 Å². The minimum atomic E-state index is 0.197. The number of carbonyl (C=O) groups excluding carboxylic acids is 1. The fourth-order valence-corrected chi connectivity index (χ4v) is 1.84. The summed E-state index contributed by atoms with van der Waals surface area (Å²) < 4.78 is 0. The van der Waals surface area contributed by atoms with Gasteiger partial charge in [-0.3, -0.25) is 4.79 Å². The third-order valence-corrected chi connectivity index (χ3v) is 3.31. The number of likely N-dealkylation sites (tertiary alicyclic amines) is 1. The molecule has 0 saturated carbocycles. The van der Waals surface area contributed by atoms with E-state index in [0.29, 0.717) is 12.8 Å². The van der Waals surface area contributed by atoms with Crippen LogP contribution in [-0.4, -0.2) is 36.5 Å². The van der Waals surface area contributed by atoms with Crippen LogP contribution in [0.5, 0.6) is 0 Å². The van der Waals surface area contributed by atoms with Crippen molar-refractivity contribution < 1.29 is 4.79 Å². The Bertz CT molecular complexity index is 259. The smallest absolute Gasteiger partial charge is 0.223 e. The van der Waals surface area contributed by atoms with E-state index < -0.39 is 0 Å². The Morgan fingerprint density at radius 3 is 2.60 bits per heavy atom. The molecule has 0 unspecified atom stereocenters. The van der Waals surface area contributed by atoms with Gasteiger partial charge in [0, 0.05) is 31.5 Å². The highest BCUT2D eigenvalue weighted by Crippen LogP contribution is 2.21. The highest BCUT2D eigenvalue weighted by Gasteiger charge is 2.29. The summed E-state index contributed by atoms with van der Waals surface area (Å²) in [5.41, 5.74) is 0.197. The molecule has 0 aromatic rings. The Kier molecular flexibility index (Phi) is 4.16. The molecule has 0 radical (unpaired) electrons. The van der Waals surface area contributed by atoms with Gasteiger partial charge in [-0.05, 0) is 26.8 Å². The summed E-state index contributed by atoms with van der Waals surface area (Å²) in [5.74, 6) is 2.71. The summed E-state index contributed by atoms with van der Waals surface area (Å²) in [6.07, 6.45) is 8.23. The first kappa shape index (κ1) is 12.1. The number of terminal acetylenes is 1. The molecule has 1 heterocycles. The van der Waals surface area contributed by atoms with Crippen LogP contribution in [0.3, 0.4) is 0 Å². The number of nitrogens with one attached hydrogen (secondary N) is 1. The van der Waals surface area contributed by atoms with E-state index in [2.05, 4.69) is 18.2 Å². The van der Waals surface area contributed by atoms with E-state index in [1.165, 1.54) is 0 Å². The van der Waals surface area contributed by atoms with E-state index in [-0.39, 0.29) is 11.4 Å². The Labute approximate surface area is 92.2 Å². The van der Waals surface area contributed by atoms with Crippen LogP contribution < -0.4 is 5.32 Å². The number of carbonyl (C=O) groups is 1. The fraction of sp³-hybridized carbons (Fsp3) is 0.750. The lowest BCUT2D eigenvalue weighted by atomic mass is 9.90. The van der Waals surface area contributed by atoms with Crippen LogP contribution in [0.4, 0.5) is 0 Å². The molecule has 15 heavy (non-hydrogen) atoms. The summed E-state index contributed by atoms with van der Waals surface area (Å²) in [4.78, 5) is 13.6. The van der Waals surface area contributed by atoms with Crippen LogP contribution in [0.1, 0.15) is 32.6 Å². The van der Waals surface area contributed by atoms with E-state index in [4.69, 9.17) is 6.42 Å². The maximum absolute atomic E-state index is 11.7. The molecule has 0 aromatic carbocycles. The van der Waals surface area contributed by atoms with Crippen LogP contribution >= 0.6 is 0 Å². The molecule has 84 valence electrons. The van der Waals surface area contributed by atoms with Gasteiger partial charge < -0.3 is 10.2 Å². The van der Waals surface area contributed by atoms with Crippen LogP contribution in [0.15, 0.2) is 0 Å². The van der Waals surface area contributed by atoms with Gasteiger partial charge >= 0.3 is 0 Å². The predicted octanol–water partition coefficient (Wildman–Crippen LogP) is 1.00. The number of hydrogen-bond acceptors (Lipinski definition) is 2. The first-order valence-corrected chi connectivity index (χ1v) is 5.51. The average molecular weight is 208 g/mol. The molecule has 1 saturated heterocycles. The molecule has 1 aliphatic rings. The van der Waals surface area contributed by atoms with Crippen molar-refractivity contribution in [3.8, 4) is 12.3 Å². The van der Waals surface area contributed by atoms with Gasteiger partial charge in [-0.25, -0.2) is 0 Å². The van der Waals surface area contributed by atoms with Crippen molar-refractivity contribution in [3.05, 3.63) is 0 Å². The lowest BCUT2D eigenvalue weighted by Crippen LogP contribution is -2.51. The summed E-state index contributed by atoms with van der Waals surface area (Å²) in [6, 6.07) is 0. The Balaban J connectivity index is 2.37. The van der Waals surface area contributed by atoms with Crippen molar-refractivity contribution in [2.45, 2.75) is 38.1 Å². The van der Waals surface area contributed by atoms with E-state index >= 15 is 0 Å². The molecular formula is C12H20N2O. The average Bonchev–Trinajstić information content (AvgIpc) is 2.27. The molecule has 3 nitrogen and oxygen atoms in total. The first-order valence-electron chi connectivity index (χ1n) is 5.51. The first-order chi connectivity index (χ1) is 7.11. The number of hydrogen-bond donors (Lipinski definition) is 1. The number of rotatable bonds is 3. The molecule has 1 fully saturated rings. The number of piperidine rings is 1. The van der Waals surface area contributed by atoms with Crippen LogP contribution in [0.25, 0.3) is 0 Å². The standard InChI is InChI=1S/C12H20N2O/c1-4-5-6-11(15)14-9-7-12(2,13-3)8-10-14/h1,13H,5-10H2,2-3H3. The van der Waals surface area contributed by atoms with E-state index in [9.17, 15) is 4.79 Å². The van der Waals surface area contributed by atoms with Crippen molar-refractivity contribution in [1.82, 2.24) is 10.2 Å². The van der Waals surface area contributed by atoms with E-state index in [0.717, 1.165) is 25.9 Å². The third-order valence-electron chi connectivity index (χ3n) is 3.31. The molecule has 0 aliphatic carbocycles. The minimum Gasteiger partial charge on any atom is -0.343 e. The summed E-state index contributed by atoms with van der Waals surface area (Å²) in [7, 11) is 1.98. The van der Waals surface area contributed by atoms with Crippen molar-refractivity contribution in [2.24, 2.45) is 0 Å². The summed E-state index contributed by atoms with van der Waals surface area (Å²) in [6.45, 7) is 3.90. The molecule has 1 N–H and O–H groups in total. The van der Waals surface area contributed by atoms with Crippen molar-refractivity contribution in [3.63, 3.8) is 0 Å². The number of amides is 1. The molecule has 3 heteroatoms. The van der Waals surface area contributed by atoms with Gasteiger partial charge in [-0.2, -0.15) is 0 Å². The minimum absolute atomic E-state index is 0.197. The van der Waals surface area contributed by atoms with E-state index in [1.807, 2.05) is 11.9 Å². The normalized spacial score (nSPS) is 19.7. The van der Waals surface area contributed by atoms with Gasteiger partial charge in [0.2, 0.25) is 5.91 Å². The molecule has 1 rings (SSSR count). The lowest BCUT2D eigenvalue weighted by molar-refractivity contribution is -0.132. The SMILES string of the molecule is C#CCCC(=O)N1CCC(C)(NC)CC1. The molecule has 1 aliphatic heterocycles. The van der Waals surface area contributed by atoms with Crippen molar-refractivity contribution in [2.75, 3.05) is 20.1 Å². The quantitative estimate of drug-likeness (QED) is 0.702. The van der Waals surface area contributed by atoms with Gasteiger partial charge in [0.25, 0.3) is 0 Å². The van der Waals surface area contributed by atoms with Crippen LogP contribution in [0.2, 0.25) is 0 Å². The molecule has 1 amide bonds. The molecule has 0 aromatic heterocycles. The predicted molar refractivity (Wildman–Crippen MR) is 61.3 cm³/mol. The van der Waals surface area contributed by atoms with Gasteiger partial charge in [-0.1, -0.05) is 0 Å². The van der Waals surface area contributed by atoms with Crippen LogP contribution in [0, 0.1) is 12.3 Å². The molecular weight excluding hydrogens is 188 g/mol. The monoisotopic (exact) mass is 208 g/mol. The summed E-state index contributed by atoms with van der Waals surface area (Å²) >= 11 is 0. The van der Waals surface area contributed by atoms with Gasteiger partial charge in [0.05, 0.1) is 0 Å². The molecule has 0 spiro atoms. The summed E-state index contributed by atoms with van der Waals surface area (Å²) in [5, 5.41) is 3.31. The fourth-order valence-electron chi connectivity index (χ4n) is 1.84. The van der Waals surface area contributed by atoms with E-state index in [1.54, 1.807) is 0 Å². The Hall–Kier alpha value is -1.01. The van der Waals surface area contributed by atoms with Crippen LogP contribution in [-0.2, 0) is 4.79 Å². The maximum Gasteiger partial charge on any atom is 0.223 e. The van der Waals surface area contributed by atoms with Gasteiger partial charge in [-0.15, -0.1) is 12.3 Å². The Morgan fingerprint density at radius 2 is 2.13 bits per heavy atom. The highest BCUT2D eigenvalue weighted by atomic mass is 16.2. The zero-order valence-electron chi connectivity index (χ0n) is 9.68. The Morgan fingerprint density at radius 1 is 1.53 bits per heavy atom.